The van der Waals surface area contributed by atoms with E-state index in [2.05, 4.69) is 62.5 Å². The normalized spacial score (nSPS) is 11.3. The van der Waals surface area contributed by atoms with Crippen LogP contribution >= 0.6 is 15.9 Å². The highest BCUT2D eigenvalue weighted by atomic mass is 79.9. The molecule has 2 aromatic rings. The molecule has 1 aromatic carbocycles. The summed E-state index contributed by atoms with van der Waals surface area (Å²) in [7, 11) is 0. The van der Waals surface area contributed by atoms with Crippen molar-refractivity contribution in [1.82, 2.24) is 15.6 Å². The Balaban J connectivity index is 2.00. The zero-order chi connectivity index (χ0) is 15.8. The number of halogens is 1. The molecule has 0 amide bonds. The van der Waals surface area contributed by atoms with Gasteiger partial charge in [0.15, 0.2) is 5.96 Å². The van der Waals surface area contributed by atoms with Crippen LogP contribution in [0.4, 0.5) is 0 Å². The molecule has 2 rings (SSSR count). The van der Waals surface area contributed by atoms with Gasteiger partial charge in [-0.2, -0.15) is 0 Å². The highest BCUT2D eigenvalue weighted by Crippen LogP contribution is 2.16. The molecular weight excluding hydrogens is 340 g/mol. The summed E-state index contributed by atoms with van der Waals surface area (Å²) in [6.07, 6.45) is 1.80. The monoisotopic (exact) mass is 360 g/mol. The van der Waals surface area contributed by atoms with Gasteiger partial charge in [0.2, 0.25) is 0 Å². The average Bonchev–Trinajstić information content (AvgIpc) is 2.52. The molecule has 0 aliphatic carbocycles. The van der Waals surface area contributed by atoms with Crippen LogP contribution in [0.15, 0.2) is 52.1 Å². The van der Waals surface area contributed by atoms with E-state index in [9.17, 15) is 0 Å². The van der Waals surface area contributed by atoms with Gasteiger partial charge in [0, 0.05) is 17.2 Å². The smallest absolute Gasteiger partial charge is 0.191 e. The van der Waals surface area contributed by atoms with Crippen molar-refractivity contribution < 1.29 is 0 Å². The third kappa shape index (κ3) is 5.15. The Morgan fingerprint density at radius 3 is 2.77 bits per heavy atom. The maximum atomic E-state index is 4.64. The number of hydrogen-bond donors (Lipinski definition) is 2. The topological polar surface area (TPSA) is 49.3 Å². The minimum Gasteiger partial charge on any atom is -0.357 e. The van der Waals surface area contributed by atoms with E-state index in [0.717, 1.165) is 22.7 Å². The maximum Gasteiger partial charge on any atom is 0.191 e. The molecule has 116 valence electrons. The molecule has 2 N–H and O–H groups in total. The molecule has 0 saturated carbocycles. The van der Waals surface area contributed by atoms with Crippen LogP contribution in [0.3, 0.4) is 0 Å². The Labute approximate surface area is 140 Å². The van der Waals surface area contributed by atoms with Crippen LogP contribution in [0.2, 0.25) is 0 Å². The second kappa shape index (κ2) is 8.54. The van der Waals surface area contributed by atoms with Crippen molar-refractivity contribution in [3.05, 3.63) is 63.9 Å². The number of rotatable bonds is 5. The molecule has 22 heavy (non-hydrogen) atoms. The first-order chi connectivity index (χ1) is 10.7. The summed E-state index contributed by atoms with van der Waals surface area (Å²) in [6, 6.07) is 12.2. The lowest BCUT2D eigenvalue weighted by Gasteiger charge is -2.11. The Morgan fingerprint density at radius 1 is 1.23 bits per heavy atom. The minimum absolute atomic E-state index is 0.649. The van der Waals surface area contributed by atoms with E-state index in [4.69, 9.17) is 0 Å². The first kappa shape index (κ1) is 16.5. The number of benzene rings is 1. The molecule has 4 nitrogen and oxygen atoms in total. The van der Waals surface area contributed by atoms with E-state index in [-0.39, 0.29) is 0 Å². The molecule has 0 fully saturated rings. The number of pyridine rings is 1. The second-order valence-electron chi connectivity index (χ2n) is 4.94. The van der Waals surface area contributed by atoms with E-state index in [1.807, 2.05) is 24.3 Å². The van der Waals surface area contributed by atoms with Gasteiger partial charge in [0.05, 0.1) is 18.8 Å². The zero-order valence-corrected chi connectivity index (χ0v) is 14.5. The molecule has 1 aromatic heterocycles. The van der Waals surface area contributed by atoms with E-state index in [1.54, 1.807) is 6.20 Å². The van der Waals surface area contributed by atoms with E-state index in [1.165, 1.54) is 11.1 Å². The van der Waals surface area contributed by atoms with Gasteiger partial charge in [-0.25, -0.2) is 4.99 Å². The number of nitrogens with one attached hydrogen (secondary N) is 2. The van der Waals surface area contributed by atoms with Gasteiger partial charge >= 0.3 is 0 Å². The maximum absolute atomic E-state index is 4.64. The van der Waals surface area contributed by atoms with Crippen LogP contribution in [0.1, 0.15) is 23.7 Å². The van der Waals surface area contributed by atoms with Crippen molar-refractivity contribution in [2.24, 2.45) is 4.99 Å². The molecule has 0 bridgehead atoms. The number of aryl methyl sites for hydroxylation is 1. The van der Waals surface area contributed by atoms with Crippen LogP contribution in [-0.4, -0.2) is 17.5 Å². The molecule has 0 saturated heterocycles. The Bertz CT molecular complexity index is 626. The fourth-order valence-corrected chi connectivity index (χ4v) is 2.50. The lowest BCUT2D eigenvalue weighted by Crippen LogP contribution is -2.37. The highest BCUT2D eigenvalue weighted by molar-refractivity contribution is 9.10. The summed E-state index contributed by atoms with van der Waals surface area (Å²) >= 11 is 3.48. The van der Waals surface area contributed by atoms with Crippen molar-refractivity contribution in [2.45, 2.75) is 26.9 Å². The summed E-state index contributed by atoms with van der Waals surface area (Å²) in [4.78, 5) is 8.94. The summed E-state index contributed by atoms with van der Waals surface area (Å²) in [5, 5.41) is 6.56. The lowest BCUT2D eigenvalue weighted by atomic mass is 10.1. The van der Waals surface area contributed by atoms with Crippen LogP contribution in [0.25, 0.3) is 0 Å². The van der Waals surface area contributed by atoms with Gasteiger partial charge < -0.3 is 10.6 Å². The largest absolute Gasteiger partial charge is 0.357 e. The third-order valence-electron chi connectivity index (χ3n) is 3.22. The summed E-state index contributed by atoms with van der Waals surface area (Å²) in [5.74, 6) is 0.801. The predicted molar refractivity (Wildman–Crippen MR) is 94.8 cm³/mol. The Hall–Kier alpha value is -1.88. The number of guanidine groups is 1. The first-order valence-electron chi connectivity index (χ1n) is 7.36. The fourth-order valence-electron chi connectivity index (χ4n) is 2.02. The predicted octanol–water partition coefficient (Wildman–Crippen LogP) is 3.41. The van der Waals surface area contributed by atoms with E-state index < -0.39 is 0 Å². The summed E-state index contributed by atoms with van der Waals surface area (Å²) in [5.41, 5.74) is 3.45. The molecule has 0 atom stereocenters. The van der Waals surface area contributed by atoms with Crippen LogP contribution in [0.5, 0.6) is 0 Å². The van der Waals surface area contributed by atoms with Gasteiger partial charge in [-0.1, -0.05) is 28.1 Å². The number of aromatic nitrogens is 1. The zero-order valence-electron chi connectivity index (χ0n) is 12.9. The van der Waals surface area contributed by atoms with Crippen molar-refractivity contribution in [2.75, 3.05) is 6.54 Å². The fraction of sp³-hybridized carbons (Fsp3) is 0.294. The highest BCUT2D eigenvalue weighted by Gasteiger charge is 2.01. The molecule has 0 unspecified atom stereocenters. The van der Waals surface area contributed by atoms with Crippen molar-refractivity contribution in [1.29, 1.82) is 0 Å². The average molecular weight is 361 g/mol. The Kier molecular flexibility index (Phi) is 6.40. The van der Waals surface area contributed by atoms with Gasteiger partial charge in [0.1, 0.15) is 0 Å². The molecule has 0 spiro atoms. The summed E-state index contributed by atoms with van der Waals surface area (Å²) < 4.78 is 1.10. The van der Waals surface area contributed by atoms with Gasteiger partial charge in [0.25, 0.3) is 0 Å². The van der Waals surface area contributed by atoms with Crippen LogP contribution < -0.4 is 10.6 Å². The van der Waals surface area contributed by atoms with Crippen molar-refractivity contribution in [3.8, 4) is 0 Å². The van der Waals surface area contributed by atoms with Gasteiger partial charge in [-0.3, -0.25) is 4.98 Å². The molecule has 5 heteroatoms. The number of aliphatic imine (C=N–C) groups is 1. The molecular formula is C17H21BrN4. The number of nitrogens with zero attached hydrogens (tertiary/aromatic N) is 2. The molecule has 0 aliphatic heterocycles. The summed E-state index contributed by atoms with van der Waals surface area (Å²) in [6.45, 7) is 6.29. The quantitative estimate of drug-likeness (QED) is 0.634. The van der Waals surface area contributed by atoms with Crippen LogP contribution in [-0.2, 0) is 13.1 Å². The first-order valence-corrected chi connectivity index (χ1v) is 8.15. The minimum atomic E-state index is 0.649. The van der Waals surface area contributed by atoms with Crippen LogP contribution in [0, 0.1) is 6.92 Å². The van der Waals surface area contributed by atoms with E-state index in [0.29, 0.717) is 13.1 Å². The molecule has 0 aliphatic rings. The molecule has 0 radical (unpaired) electrons. The third-order valence-corrected chi connectivity index (χ3v) is 3.71. The lowest BCUT2D eigenvalue weighted by molar-refractivity contribution is 0.799. The SMILES string of the molecule is CCNC(=NCc1ccc(Br)cc1C)NCc1ccccn1. The number of hydrogen-bond acceptors (Lipinski definition) is 2. The van der Waals surface area contributed by atoms with E-state index >= 15 is 0 Å². The van der Waals surface area contributed by atoms with Crippen molar-refractivity contribution >= 4 is 21.9 Å². The Morgan fingerprint density at radius 2 is 2.09 bits per heavy atom. The molecule has 1 heterocycles. The van der Waals surface area contributed by atoms with Gasteiger partial charge in [-0.15, -0.1) is 0 Å². The van der Waals surface area contributed by atoms with Crippen molar-refractivity contribution in [3.63, 3.8) is 0 Å². The second-order valence-corrected chi connectivity index (χ2v) is 5.86. The standard InChI is InChI=1S/C17H21BrN4/c1-3-19-17(22-12-16-6-4-5-9-20-16)21-11-14-7-8-15(18)10-13(14)2/h4-10H,3,11-12H2,1-2H3,(H2,19,21,22). The van der Waals surface area contributed by atoms with Gasteiger partial charge in [-0.05, 0) is 49.2 Å².